The van der Waals surface area contributed by atoms with Gasteiger partial charge in [-0.05, 0) is 24.3 Å². The molecule has 126 valence electrons. The third-order valence-corrected chi connectivity index (χ3v) is 4.39. The molecule has 2 N–H and O–H groups in total. The highest BCUT2D eigenvalue weighted by atomic mass is 35.5. The van der Waals surface area contributed by atoms with E-state index in [2.05, 4.69) is 25.4 Å². The minimum atomic E-state index is -0.185. The summed E-state index contributed by atoms with van der Waals surface area (Å²) in [5, 5.41) is 9.58. The number of anilines is 1. The number of rotatable bonds is 3. The molecule has 0 aliphatic rings. The maximum atomic E-state index is 12.2. The molecule has 0 fully saturated rings. The largest absolute Gasteiger partial charge is 0.350 e. The van der Waals surface area contributed by atoms with E-state index in [4.69, 9.17) is 23.2 Å². The molecule has 0 bridgehead atoms. The third-order valence-electron chi connectivity index (χ3n) is 3.87. The lowest BCUT2D eigenvalue weighted by molar-refractivity contribution is 0.785. The molecule has 0 unspecified atom stereocenters. The van der Waals surface area contributed by atoms with Crippen LogP contribution in [0.25, 0.3) is 21.9 Å². The molecule has 0 radical (unpaired) electrons. The first-order valence-electron chi connectivity index (χ1n) is 7.42. The highest BCUT2D eigenvalue weighted by Gasteiger charge is 2.10. The molecular weight excluding hydrogens is 363 g/mol. The average molecular weight is 375 g/mol. The average Bonchev–Trinajstić information content (AvgIpc) is 2.95. The van der Waals surface area contributed by atoms with E-state index in [0.717, 1.165) is 10.9 Å². The fraction of sp³-hybridized carbons (Fsp3) is 0.125. The number of nitrogens with zero attached hydrogens (tertiary/aromatic N) is 4. The van der Waals surface area contributed by atoms with Crippen molar-refractivity contribution in [3.63, 3.8) is 0 Å². The van der Waals surface area contributed by atoms with E-state index < -0.39 is 0 Å². The SMILES string of the molecule is Cn1ncc2c(Cl)nc(NCc3cc4cc(Cl)ccc4[nH]c3=O)nc21. The highest BCUT2D eigenvalue weighted by Crippen LogP contribution is 2.21. The van der Waals surface area contributed by atoms with Gasteiger partial charge in [0.15, 0.2) is 5.65 Å². The second-order valence-electron chi connectivity index (χ2n) is 5.55. The summed E-state index contributed by atoms with van der Waals surface area (Å²) in [4.78, 5) is 23.6. The molecule has 3 heterocycles. The summed E-state index contributed by atoms with van der Waals surface area (Å²) < 4.78 is 1.61. The number of hydrogen-bond acceptors (Lipinski definition) is 5. The fourth-order valence-corrected chi connectivity index (χ4v) is 2.99. The second-order valence-corrected chi connectivity index (χ2v) is 6.35. The summed E-state index contributed by atoms with van der Waals surface area (Å²) in [5.41, 5.74) is 1.70. The highest BCUT2D eigenvalue weighted by molar-refractivity contribution is 6.34. The van der Waals surface area contributed by atoms with Gasteiger partial charge in [-0.2, -0.15) is 10.1 Å². The molecule has 9 heteroatoms. The van der Waals surface area contributed by atoms with E-state index >= 15 is 0 Å². The summed E-state index contributed by atoms with van der Waals surface area (Å²) in [6.07, 6.45) is 1.61. The molecule has 0 amide bonds. The van der Waals surface area contributed by atoms with Gasteiger partial charge in [0.05, 0.1) is 11.6 Å². The Balaban J connectivity index is 1.67. The number of aromatic nitrogens is 5. The number of hydrogen-bond donors (Lipinski definition) is 2. The van der Waals surface area contributed by atoms with Gasteiger partial charge in [0.2, 0.25) is 5.95 Å². The van der Waals surface area contributed by atoms with Crippen molar-refractivity contribution in [2.24, 2.45) is 7.05 Å². The van der Waals surface area contributed by atoms with E-state index in [1.54, 1.807) is 42.2 Å². The van der Waals surface area contributed by atoms with Crippen molar-refractivity contribution in [2.45, 2.75) is 6.54 Å². The maximum absolute atomic E-state index is 12.2. The van der Waals surface area contributed by atoms with Crippen LogP contribution in [0.15, 0.2) is 35.3 Å². The van der Waals surface area contributed by atoms with Crippen molar-refractivity contribution >= 4 is 51.1 Å². The van der Waals surface area contributed by atoms with Crippen molar-refractivity contribution in [3.05, 3.63) is 56.6 Å². The van der Waals surface area contributed by atoms with Gasteiger partial charge < -0.3 is 10.3 Å². The van der Waals surface area contributed by atoms with Gasteiger partial charge in [0.1, 0.15) is 5.15 Å². The van der Waals surface area contributed by atoms with Gasteiger partial charge >= 0.3 is 0 Å². The van der Waals surface area contributed by atoms with Crippen LogP contribution in [0, 0.1) is 0 Å². The number of nitrogens with one attached hydrogen (secondary N) is 2. The topological polar surface area (TPSA) is 88.5 Å². The first kappa shape index (κ1) is 15.9. The van der Waals surface area contributed by atoms with Gasteiger partial charge in [-0.15, -0.1) is 0 Å². The van der Waals surface area contributed by atoms with Gasteiger partial charge in [0.25, 0.3) is 5.56 Å². The molecular formula is C16H12Cl2N6O. The molecule has 7 nitrogen and oxygen atoms in total. The van der Waals surface area contributed by atoms with E-state index in [1.807, 2.05) is 0 Å². The Morgan fingerprint density at radius 1 is 1.24 bits per heavy atom. The van der Waals surface area contributed by atoms with Crippen LogP contribution in [0.5, 0.6) is 0 Å². The molecule has 4 aromatic rings. The molecule has 0 saturated heterocycles. The zero-order chi connectivity index (χ0) is 17.6. The number of halogens is 2. The lowest BCUT2D eigenvalue weighted by Gasteiger charge is -2.07. The van der Waals surface area contributed by atoms with Crippen LogP contribution in [0.3, 0.4) is 0 Å². The van der Waals surface area contributed by atoms with Crippen LogP contribution in [-0.4, -0.2) is 24.7 Å². The monoisotopic (exact) mass is 374 g/mol. The number of fused-ring (bicyclic) bond motifs is 2. The Hall–Kier alpha value is -2.64. The van der Waals surface area contributed by atoms with E-state index in [9.17, 15) is 4.79 Å². The zero-order valence-electron chi connectivity index (χ0n) is 13.0. The van der Waals surface area contributed by atoms with Crippen LogP contribution in [0.2, 0.25) is 10.2 Å². The molecule has 1 aromatic carbocycles. The van der Waals surface area contributed by atoms with E-state index in [1.165, 1.54) is 0 Å². The number of pyridine rings is 1. The van der Waals surface area contributed by atoms with Crippen LogP contribution < -0.4 is 10.9 Å². The maximum Gasteiger partial charge on any atom is 0.253 e. The molecule has 0 saturated carbocycles. The standard InChI is InChI=1S/C16H12Cl2N6O/c1-24-14-11(7-20-24)13(18)22-16(23-14)19-6-9-4-8-5-10(17)2-3-12(8)21-15(9)25/h2-5,7H,6H2,1H3,(H,21,25)(H,19,22,23). The molecule has 25 heavy (non-hydrogen) atoms. The minimum Gasteiger partial charge on any atom is -0.350 e. The molecule has 0 aliphatic heterocycles. The second kappa shape index (κ2) is 6.02. The first-order valence-corrected chi connectivity index (χ1v) is 8.17. The summed E-state index contributed by atoms with van der Waals surface area (Å²) in [5.74, 6) is 0.326. The van der Waals surface area contributed by atoms with Crippen LogP contribution in [0.1, 0.15) is 5.56 Å². The Labute approximate surface area is 151 Å². The smallest absolute Gasteiger partial charge is 0.253 e. The molecule has 3 aromatic heterocycles. The van der Waals surface area contributed by atoms with Crippen LogP contribution >= 0.6 is 23.2 Å². The van der Waals surface area contributed by atoms with Crippen molar-refractivity contribution in [1.82, 2.24) is 24.7 Å². The molecule has 0 spiro atoms. The lowest BCUT2D eigenvalue weighted by atomic mass is 10.1. The van der Waals surface area contributed by atoms with Crippen molar-refractivity contribution in [2.75, 3.05) is 5.32 Å². The van der Waals surface area contributed by atoms with Crippen molar-refractivity contribution in [1.29, 1.82) is 0 Å². The number of benzene rings is 1. The summed E-state index contributed by atoms with van der Waals surface area (Å²) >= 11 is 12.2. The molecule has 0 aliphatic carbocycles. The quantitative estimate of drug-likeness (QED) is 0.537. The summed E-state index contributed by atoms with van der Waals surface area (Å²) in [6.45, 7) is 0.247. The van der Waals surface area contributed by atoms with Gasteiger partial charge in [0, 0.05) is 35.1 Å². The van der Waals surface area contributed by atoms with Gasteiger partial charge in [-0.25, -0.2) is 4.98 Å². The van der Waals surface area contributed by atoms with Crippen molar-refractivity contribution < 1.29 is 0 Å². The Kier molecular flexibility index (Phi) is 3.82. The normalized spacial score (nSPS) is 11.3. The van der Waals surface area contributed by atoms with E-state index in [-0.39, 0.29) is 12.1 Å². The lowest BCUT2D eigenvalue weighted by Crippen LogP contribution is -2.16. The Morgan fingerprint density at radius 2 is 2.08 bits per heavy atom. The van der Waals surface area contributed by atoms with E-state index in [0.29, 0.717) is 32.7 Å². The molecule has 4 rings (SSSR count). The number of H-pyrrole nitrogens is 1. The predicted octanol–water partition coefficient (Wildman–Crippen LogP) is 3.12. The number of aromatic amines is 1. The Morgan fingerprint density at radius 3 is 2.92 bits per heavy atom. The summed E-state index contributed by atoms with van der Waals surface area (Å²) in [6, 6.07) is 7.09. The fourth-order valence-electron chi connectivity index (χ4n) is 2.60. The van der Waals surface area contributed by atoms with Crippen molar-refractivity contribution in [3.8, 4) is 0 Å². The third kappa shape index (κ3) is 2.92. The van der Waals surface area contributed by atoms with Crippen LogP contribution in [-0.2, 0) is 13.6 Å². The van der Waals surface area contributed by atoms with Gasteiger partial charge in [-0.1, -0.05) is 23.2 Å². The molecule has 0 atom stereocenters. The summed E-state index contributed by atoms with van der Waals surface area (Å²) in [7, 11) is 1.77. The number of aryl methyl sites for hydroxylation is 1. The first-order chi connectivity index (χ1) is 12.0. The Bertz CT molecular complexity index is 1170. The van der Waals surface area contributed by atoms with Gasteiger partial charge in [-0.3, -0.25) is 9.48 Å². The predicted molar refractivity (Wildman–Crippen MR) is 98.2 cm³/mol. The zero-order valence-corrected chi connectivity index (χ0v) is 14.6. The van der Waals surface area contributed by atoms with Crippen LogP contribution in [0.4, 0.5) is 5.95 Å². The minimum absolute atomic E-state index is 0.185.